The van der Waals surface area contributed by atoms with Gasteiger partial charge in [-0.2, -0.15) is 0 Å². The molecule has 4 aromatic rings. The summed E-state index contributed by atoms with van der Waals surface area (Å²) in [6.07, 6.45) is -4.74. The van der Waals surface area contributed by atoms with Gasteiger partial charge in [-0.05, 0) is 48.9 Å². The lowest BCUT2D eigenvalue weighted by molar-refractivity contribution is -0.274. The van der Waals surface area contributed by atoms with E-state index in [9.17, 15) is 13.2 Å². The molecule has 0 bridgehead atoms. The minimum Gasteiger partial charge on any atom is -0.406 e. The van der Waals surface area contributed by atoms with Crippen molar-refractivity contribution in [2.45, 2.75) is 19.8 Å². The van der Waals surface area contributed by atoms with Crippen molar-refractivity contribution in [3.63, 3.8) is 0 Å². The Balaban J connectivity index is 1.53. The molecule has 0 aliphatic carbocycles. The van der Waals surface area contributed by atoms with Gasteiger partial charge in [-0.1, -0.05) is 33.2 Å². The topological polar surface area (TPSA) is 66.0 Å². The fourth-order valence-electron chi connectivity index (χ4n) is 2.82. The van der Waals surface area contributed by atoms with Crippen LogP contribution in [0.5, 0.6) is 5.75 Å². The molecule has 4 rings (SSSR count). The molecule has 0 unspecified atom stereocenters. The highest BCUT2D eigenvalue weighted by molar-refractivity contribution is 9.10. The fraction of sp³-hybridized carbons (Fsp3) is 0.150. The second kappa shape index (κ2) is 7.94. The first-order valence-corrected chi connectivity index (χ1v) is 9.55. The number of aromatic nitrogens is 4. The summed E-state index contributed by atoms with van der Waals surface area (Å²) >= 11 is 3.45. The second-order valence-electron chi connectivity index (χ2n) is 6.42. The van der Waals surface area contributed by atoms with Gasteiger partial charge in [0.05, 0.1) is 6.54 Å². The Bertz CT molecular complexity index is 1170. The van der Waals surface area contributed by atoms with Crippen LogP contribution in [-0.4, -0.2) is 26.3 Å². The standard InChI is InChI=1S/C20H14BrF3N4O2/c1-12-25-19(26-28(12)11-13-3-2-4-15(21)9-13)17-10-18(30-27-17)14-5-7-16(8-6-14)29-20(22,23)24/h2-10H,11H2,1H3. The first-order chi connectivity index (χ1) is 14.3. The van der Waals surface area contributed by atoms with Gasteiger partial charge in [-0.3, -0.25) is 0 Å². The van der Waals surface area contributed by atoms with Crippen LogP contribution in [0, 0.1) is 6.92 Å². The minimum absolute atomic E-state index is 0.311. The zero-order chi connectivity index (χ0) is 21.3. The second-order valence-corrected chi connectivity index (χ2v) is 7.33. The Hall–Kier alpha value is -3.14. The van der Waals surface area contributed by atoms with E-state index in [1.165, 1.54) is 24.3 Å². The van der Waals surface area contributed by atoms with E-state index in [0.717, 1.165) is 10.0 Å². The molecular formula is C20H14BrF3N4O2. The van der Waals surface area contributed by atoms with E-state index in [-0.39, 0.29) is 5.75 Å². The molecule has 0 saturated heterocycles. The van der Waals surface area contributed by atoms with Crippen LogP contribution < -0.4 is 4.74 Å². The summed E-state index contributed by atoms with van der Waals surface area (Å²) in [4.78, 5) is 4.43. The van der Waals surface area contributed by atoms with Gasteiger partial charge in [0.25, 0.3) is 0 Å². The first-order valence-electron chi connectivity index (χ1n) is 8.76. The van der Waals surface area contributed by atoms with Gasteiger partial charge in [0.15, 0.2) is 11.5 Å². The molecular weight excluding hydrogens is 465 g/mol. The normalized spacial score (nSPS) is 11.6. The van der Waals surface area contributed by atoms with Gasteiger partial charge in [0, 0.05) is 16.1 Å². The molecule has 0 spiro atoms. The number of hydrogen-bond donors (Lipinski definition) is 0. The summed E-state index contributed by atoms with van der Waals surface area (Å²) in [5, 5.41) is 8.48. The molecule has 0 atom stereocenters. The van der Waals surface area contributed by atoms with E-state index in [2.05, 4.69) is 35.9 Å². The van der Waals surface area contributed by atoms with Crippen molar-refractivity contribution < 1.29 is 22.4 Å². The van der Waals surface area contributed by atoms with Crippen LogP contribution in [-0.2, 0) is 6.54 Å². The highest BCUT2D eigenvalue weighted by Gasteiger charge is 2.31. The molecule has 0 fully saturated rings. The van der Waals surface area contributed by atoms with E-state index in [1.807, 2.05) is 31.2 Å². The molecule has 2 heterocycles. The quantitative estimate of drug-likeness (QED) is 0.372. The molecule has 0 aliphatic heterocycles. The minimum atomic E-state index is -4.74. The van der Waals surface area contributed by atoms with E-state index >= 15 is 0 Å². The lowest BCUT2D eigenvalue weighted by Gasteiger charge is -2.08. The predicted molar refractivity (Wildman–Crippen MR) is 106 cm³/mol. The summed E-state index contributed by atoms with van der Waals surface area (Å²) in [5.41, 5.74) is 2.04. The number of ether oxygens (including phenoxy) is 1. The Kier molecular flexibility index (Phi) is 5.33. The van der Waals surface area contributed by atoms with Crippen LogP contribution >= 0.6 is 15.9 Å². The molecule has 6 nitrogen and oxygen atoms in total. The number of halogens is 4. The smallest absolute Gasteiger partial charge is 0.406 e. The van der Waals surface area contributed by atoms with Crippen LogP contribution in [0.25, 0.3) is 22.8 Å². The number of nitrogens with zero attached hydrogens (tertiary/aromatic N) is 4. The maximum Gasteiger partial charge on any atom is 0.573 e. The van der Waals surface area contributed by atoms with Gasteiger partial charge in [-0.25, -0.2) is 9.67 Å². The van der Waals surface area contributed by atoms with Crippen LogP contribution in [0.15, 0.2) is 63.6 Å². The van der Waals surface area contributed by atoms with Crippen molar-refractivity contribution in [2.24, 2.45) is 0 Å². The third kappa shape index (κ3) is 4.70. The van der Waals surface area contributed by atoms with Crippen LogP contribution in [0.1, 0.15) is 11.4 Å². The van der Waals surface area contributed by atoms with Crippen molar-refractivity contribution in [1.29, 1.82) is 0 Å². The van der Waals surface area contributed by atoms with Crippen LogP contribution in [0.3, 0.4) is 0 Å². The van der Waals surface area contributed by atoms with E-state index in [1.54, 1.807) is 10.7 Å². The molecule has 10 heteroatoms. The molecule has 154 valence electrons. The van der Waals surface area contributed by atoms with Crippen molar-refractivity contribution >= 4 is 15.9 Å². The van der Waals surface area contributed by atoms with Gasteiger partial charge in [0.1, 0.15) is 11.6 Å². The third-order valence-electron chi connectivity index (χ3n) is 4.19. The maximum atomic E-state index is 12.3. The third-order valence-corrected chi connectivity index (χ3v) is 4.68. The van der Waals surface area contributed by atoms with Gasteiger partial charge < -0.3 is 9.26 Å². The monoisotopic (exact) mass is 478 g/mol. The molecule has 0 aliphatic rings. The van der Waals surface area contributed by atoms with E-state index in [4.69, 9.17) is 4.52 Å². The van der Waals surface area contributed by atoms with Gasteiger partial charge >= 0.3 is 6.36 Å². The molecule has 0 N–H and O–H groups in total. The number of hydrogen-bond acceptors (Lipinski definition) is 5. The van der Waals surface area contributed by atoms with Gasteiger partial charge in [0.2, 0.25) is 5.82 Å². The molecule has 0 radical (unpaired) electrons. The van der Waals surface area contributed by atoms with Gasteiger partial charge in [-0.15, -0.1) is 18.3 Å². The summed E-state index contributed by atoms with van der Waals surface area (Å²) in [6.45, 7) is 2.39. The molecule has 2 aromatic heterocycles. The van der Waals surface area contributed by atoms with Crippen molar-refractivity contribution in [2.75, 3.05) is 0 Å². The Morgan fingerprint density at radius 1 is 1.10 bits per heavy atom. The number of rotatable bonds is 5. The van der Waals surface area contributed by atoms with E-state index in [0.29, 0.717) is 35.2 Å². The van der Waals surface area contributed by atoms with E-state index < -0.39 is 6.36 Å². The number of aryl methyl sites for hydroxylation is 1. The molecule has 0 saturated carbocycles. The van der Waals surface area contributed by atoms with Crippen LogP contribution in [0.4, 0.5) is 13.2 Å². The van der Waals surface area contributed by atoms with Crippen LogP contribution in [0.2, 0.25) is 0 Å². The Morgan fingerprint density at radius 3 is 2.57 bits per heavy atom. The lowest BCUT2D eigenvalue weighted by Crippen LogP contribution is -2.16. The number of benzene rings is 2. The zero-order valence-electron chi connectivity index (χ0n) is 15.5. The van der Waals surface area contributed by atoms with Crippen molar-refractivity contribution in [3.8, 4) is 28.6 Å². The highest BCUT2D eigenvalue weighted by Crippen LogP contribution is 2.28. The predicted octanol–water partition coefficient (Wildman–Crippen LogP) is 5.62. The number of alkyl halides is 3. The molecule has 30 heavy (non-hydrogen) atoms. The zero-order valence-corrected chi connectivity index (χ0v) is 17.1. The fourth-order valence-corrected chi connectivity index (χ4v) is 3.27. The summed E-state index contributed by atoms with van der Waals surface area (Å²) in [6, 6.07) is 14.8. The SMILES string of the molecule is Cc1nc(-c2cc(-c3ccc(OC(F)(F)F)cc3)on2)nn1Cc1cccc(Br)c1. The molecule has 0 amide bonds. The first kappa shape index (κ1) is 20.1. The average molecular weight is 479 g/mol. The van der Waals surface area contributed by atoms with Crippen molar-refractivity contribution in [1.82, 2.24) is 19.9 Å². The average Bonchev–Trinajstić information content (AvgIpc) is 3.29. The summed E-state index contributed by atoms with van der Waals surface area (Å²) < 4.78 is 48.8. The summed E-state index contributed by atoms with van der Waals surface area (Å²) in [7, 11) is 0. The maximum absolute atomic E-state index is 12.3. The molecule has 2 aromatic carbocycles. The Morgan fingerprint density at radius 2 is 1.87 bits per heavy atom. The summed E-state index contributed by atoms with van der Waals surface area (Å²) in [5.74, 6) is 1.18. The highest BCUT2D eigenvalue weighted by atomic mass is 79.9. The Labute approximate surface area is 177 Å². The van der Waals surface area contributed by atoms with Crippen molar-refractivity contribution in [3.05, 3.63) is 70.5 Å². The lowest BCUT2D eigenvalue weighted by atomic mass is 10.1. The largest absolute Gasteiger partial charge is 0.573 e.